The van der Waals surface area contributed by atoms with E-state index in [2.05, 4.69) is 10.6 Å². The summed E-state index contributed by atoms with van der Waals surface area (Å²) in [7, 11) is 0. The summed E-state index contributed by atoms with van der Waals surface area (Å²) in [6, 6.07) is 4.16. The van der Waals surface area contributed by atoms with Gasteiger partial charge in [0.15, 0.2) is 0 Å². The summed E-state index contributed by atoms with van der Waals surface area (Å²) in [5.74, 6) is -0.889. The van der Waals surface area contributed by atoms with Crippen molar-refractivity contribution in [3.05, 3.63) is 35.4 Å². The van der Waals surface area contributed by atoms with E-state index < -0.39 is 17.6 Å². The van der Waals surface area contributed by atoms with Crippen LogP contribution in [0.25, 0.3) is 0 Å². The Labute approximate surface area is 157 Å². The number of hydrogen-bond donors (Lipinski definition) is 2. The minimum Gasteiger partial charge on any atom is -0.343 e. The van der Waals surface area contributed by atoms with Crippen molar-refractivity contribution in [3.8, 4) is 0 Å². The average molecular weight is 385 g/mol. The van der Waals surface area contributed by atoms with Gasteiger partial charge in [-0.3, -0.25) is 9.59 Å². The molecule has 2 aliphatic heterocycles. The van der Waals surface area contributed by atoms with Crippen molar-refractivity contribution < 1.29 is 22.8 Å². The highest BCUT2D eigenvalue weighted by Gasteiger charge is 2.41. The molecule has 3 rings (SSSR count). The molecule has 1 spiro atoms. The summed E-state index contributed by atoms with van der Waals surface area (Å²) in [5.41, 5.74) is -0.858. The Balaban J connectivity index is 0.00000126. The van der Waals surface area contributed by atoms with Crippen molar-refractivity contribution in [3.63, 3.8) is 0 Å². The second kappa shape index (κ2) is 8.73. The van der Waals surface area contributed by atoms with E-state index in [4.69, 9.17) is 0 Å². The van der Waals surface area contributed by atoms with E-state index in [1.54, 1.807) is 4.90 Å². The third-order valence-electron chi connectivity index (χ3n) is 4.98. The highest BCUT2D eigenvalue weighted by Crippen LogP contribution is 2.35. The number of halogens is 3. The Morgan fingerprint density at radius 2 is 2.00 bits per heavy atom. The topological polar surface area (TPSA) is 61.4 Å². The van der Waals surface area contributed by atoms with E-state index in [-0.39, 0.29) is 23.4 Å². The minimum absolute atomic E-state index is 0.111. The van der Waals surface area contributed by atoms with E-state index in [1.807, 2.05) is 13.8 Å². The van der Waals surface area contributed by atoms with Crippen LogP contribution in [-0.4, -0.2) is 49.4 Å². The number of carbonyl (C=O) groups excluding carboxylic acids is 2. The van der Waals surface area contributed by atoms with Crippen molar-refractivity contribution in [1.82, 2.24) is 15.5 Å². The van der Waals surface area contributed by atoms with Gasteiger partial charge in [-0.25, -0.2) is 0 Å². The Morgan fingerprint density at radius 3 is 2.63 bits per heavy atom. The van der Waals surface area contributed by atoms with Crippen LogP contribution in [0.3, 0.4) is 0 Å². The van der Waals surface area contributed by atoms with E-state index in [1.165, 1.54) is 12.1 Å². The molecule has 27 heavy (non-hydrogen) atoms. The lowest BCUT2D eigenvalue weighted by Crippen LogP contribution is -2.40. The number of amides is 2. The van der Waals surface area contributed by atoms with Crippen LogP contribution in [-0.2, 0) is 11.0 Å². The quantitative estimate of drug-likeness (QED) is 0.841. The molecule has 2 N–H and O–H groups in total. The van der Waals surface area contributed by atoms with Gasteiger partial charge in [0.1, 0.15) is 0 Å². The highest BCUT2D eigenvalue weighted by molar-refractivity contribution is 5.96. The molecule has 0 aromatic heterocycles. The SMILES string of the molecule is CC.O=C(NCC(=O)N1CCC2(CCNC2)C1)c1cccc(C(F)(F)F)c1. The maximum Gasteiger partial charge on any atom is 0.416 e. The van der Waals surface area contributed by atoms with Crippen LogP contribution >= 0.6 is 0 Å². The largest absolute Gasteiger partial charge is 0.416 e. The predicted octanol–water partition coefficient (Wildman–Crippen LogP) is 2.67. The standard InChI is InChI=1S/C17H20F3N3O2.C2H6/c18-17(19,20)13-3-1-2-12(8-13)15(25)22-9-14(24)23-7-5-16(11-23)4-6-21-10-16;1-2/h1-3,8,21H,4-7,9-11H2,(H,22,25);1-2H3. The first-order chi connectivity index (χ1) is 12.8. The zero-order chi connectivity index (χ0) is 20.1. The molecule has 2 heterocycles. The number of carbonyl (C=O) groups is 2. The lowest BCUT2D eigenvalue weighted by molar-refractivity contribution is -0.137. The molecular formula is C19H26F3N3O2. The predicted molar refractivity (Wildman–Crippen MR) is 96.2 cm³/mol. The molecule has 5 nitrogen and oxygen atoms in total. The molecule has 1 aromatic rings. The van der Waals surface area contributed by atoms with Crippen molar-refractivity contribution >= 4 is 11.8 Å². The van der Waals surface area contributed by atoms with Gasteiger partial charge in [-0.2, -0.15) is 13.2 Å². The van der Waals surface area contributed by atoms with E-state index >= 15 is 0 Å². The van der Waals surface area contributed by atoms with Gasteiger partial charge in [-0.1, -0.05) is 19.9 Å². The maximum absolute atomic E-state index is 12.7. The van der Waals surface area contributed by atoms with Gasteiger partial charge < -0.3 is 15.5 Å². The minimum atomic E-state index is -4.51. The smallest absolute Gasteiger partial charge is 0.343 e. The normalized spacial score (nSPS) is 21.7. The van der Waals surface area contributed by atoms with Crippen molar-refractivity contribution in [2.75, 3.05) is 32.7 Å². The van der Waals surface area contributed by atoms with Crippen molar-refractivity contribution in [1.29, 1.82) is 0 Å². The van der Waals surface area contributed by atoms with E-state index in [0.29, 0.717) is 13.1 Å². The monoisotopic (exact) mass is 385 g/mol. The number of nitrogens with zero attached hydrogens (tertiary/aromatic N) is 1. The zero-order valence-corrected chi connectivity index (χ0v) is 15.7. The Kier molecular flexibility index (Phi) is 6.86. The highest BCUT2D eigenvalue weighted by atomic mass is 19.4. The number of alkyl halides is 3. The van der Waals surface area contributed by atoms with Gasteiger partial charge in [0, 0.05) is 30.6 Å². The van der Waals surface area contributed by atoms with E-state index in [0.717, 1.165) is 38.1 Å². The van der Waals surface area contributed by atoms with Gasteiger partial charge in [0.25, 0.3) is 5.91 Å². The molecule has 2 fully saturated rings. The van der Waals surface area contributed by atoms with E-state index in [9.17, 15) is 22.8 Å². The Morgan fingerprint density at radius 1 is 1.26 bits per heavy atom. The first kappa shape index (κ1) is 21.2. The third kappa shape index (κ3) is 5.22. The second-order valence-corrected chi connectivity index (χ2v) is 6.75. The lowest BCUT2D eigenvalue weighted by atomic mass is 9.87. The molecule has 2 amide bonds. The van der Waals surface area contributed by atoms with Gasteiger partial charge in [-0.05, 0) is 37.6 Å². The summed E-state index contributed by atoms with van der Waals surface area (Å²) in [5, 5.41) is 5.72. The van der Waals surface area contributed by atoms with Crippen LogP contribution < -0.4 is 10.6 Å². The molecule has 150 valence electrons. The van der Waals surface area contributed by atoms with Crippen LogP contribution in [0.1, 0.15) is 42.6 Å². The lowest BCUT2D eigenvalue weighted by Gasteiger charge is -2.22. The average Bonchev–Trinajstić information content (AvgIpc) is 3.30. The molecule has 1 aromatic carbocycles. The number of nitrogens with one attached hydrogen (secondary N) is 2. The fourth-order valence-electron chi connectivity index (χ4n) is 3.50. The summed E-state index contributed by atoms with van der Waals surface area (Å²) < 4.78 is 38.1. The fourth-order valence-corrected chi connectivity index (χ4v) is 3.50. The number of likely N-dealkylation sites (tertiary alicyclic amines) is 1. The number of hydrogen-bond acceptors (Lipinski definition) is 3. The molecule has 0 saturated carbocycles. The third-order valence-corrected chi connectivity index (χ3v) is 4.98. The Bertz CT molecular complexity index is 670. The summed E-state index contributed by atoms with van der Waals surface area (Å²) in [4.78, 5) is 26.0. The molecule has 0 bridgehead atoms. The van der Waals surface area contributed by atoms with Gasteiger partial charge in [-0.15, -0.1) is 0 Å². The Hall–Kier alpha value is -2.09. The molecule has 0 aliphatic carbocycles. The molecule has 2 aliphatic rings. The molecule has 1 atom stereocenters. The van der Waals surface area contributed by atoms with Gasteiger partial charge >= 0.3 is 6.18 Å². The first-order valence-corrected chi connectivity index (χ1v) is 9.23. The number of rotatable bonds is 3. The van der Waals surface area contributed by atoms with Crippen molar-refractivity contribution in [2.24, 2.45) is 5.41 Å². The van der Waals surface area contributed by atoms with Gasteiger partial charge in [0.2, 0.25) is 5.91 Å². The van der Waals surface area contributed by atoms with Crippen LogP contribution in [0.2, 0.25) is 0 Å². The van der Waals surface area contributed by atoms with Crippen LogP contribution in [0.4, 0.5) is 13.2 Å². The molecule has 2 saturated heterocycles. The molecule has 0 radical (unpaired) electrons. The van der Waals surface area contributed by atoms with Gasteiger partial charge in [0.05, 0.1) is 12.1 Å². The second-order valence-electron chi connectivity index (χ2n) is 6.75. The fraction of sp³-hybridized carbons (Fsp3) is 0.579. The van der Waals surface area contributed by atoms with Crippen LogP contribution in [0.5, 0.6) is 0 Å². The van der Waals surface area contributed by atoms with Crippen LogP contribution in [0, 0.1) is 5.41 Å². The first-order valence-electron chi connectivity index (χ1n) is 9.23. The van der Waals surface area contributed by atoms with Crippen LogP contribution in [0.15, 0.2) is 24.3 Å². The summed E-state index contributed by atoms with van der Waals surface area (Å²) in [6.07, 6.45) is -2.54. The zero-order valence-electron chi connectivity index (χ0n) is 15.7. The molecule has 1 unspecified atom stereocenters. The van der Waals surface area contributed by atoms with Crippen molar-refractivity contribution in [2.45, 2.75) is 32.9 Å². The summed E-state index contributed by atoms with van der Waals surface area (Å²) >= 11 is 0. The molecule has 8 heteroatoms. The maximum atomic E-state index is 12.7. The summed E-state index contributed by atoms with van der Waals surface area (Å²) in [6.45, 7) is 6.96. The number of benzene rings is 1. The molecular weight excluding hydrogens is 359 g/mol.